The van der Waals surface area contributed by atoms with Crippen molar-refractivity contribution in [3.8, 4) is 11.5 Å². The van der Waals surface area contributed by atoms with Crippen LogP contribution in [0.4, 0.5) is 5.69 Å². The Balaban J connectivity index is 1.81. The molecule has 1 aliphatic heterocycles. The maximum absolute atomic E-state index is 12.7. The monoisotopic (exact) mass is 485 g/mol. The number of nitrogens with two attached hydrogens (primary N) is 1. The molecule has 4 N–H and O–H groups in total. The molecule has 186 valence electrons. The van der Waals surface area contributed by atoms with Gasteiger partial charge in [-0.3, -0.25) is 4.79 Å². The standard InChI is InChI=1S/C29H31N3O4/c1-18-7-10-22-25(15-18)36-26-17-20(32(2)3)9-12-23(26)27(22)21-11-8-19(16-24(21)29(34)35)28(33)31-14-6-4-5-13-30/h7-12,15-17H,1,4-6,13-14,30H2,2-3H3,(H,31,33)(H,34,35). The lowest BCUT2D eigenvalue weighted by Crippen LogP contribution is -2.25. The van der Waals surface area contributed by atoms with Crippen molar-refractivity contribution in [2.24, 2.45) is 5.73 Å². The van der Waals surface area contributed by atoms with Gasteiger partial charge in [0.1, 0.15) is 11.5 Å². The molecule has 0 aliphatic carbocycles. The molecule has 36 heavy (non-hydrogen) atoms. The van der Waals surface area contributed by atoms with E-state index < -0.39 is 5.97 Å². The third-order valence-electron chi connectivity index (χ3n) is 6.23. The van der Waals surface area contributed by atoms with E-state index in [1.54, 1.807) is 12.1 Å². The molecule has 7 nitrogen and oxygen atoms in total. The molecule has 0 saturated carbocycles. The molecule has 0 atom stereocenters. The number of nitrogens with zero attached hydrogens (tertiary/aromatic N) is 1. The molecule has 0 unspecified atom stereocenters. The molecular weight excluding hydrogens is 454 g/mol. The summed E-state index contributed by atoms with van der Waals surface area (Å²) < 4.78 is 6.23. The topological polar surface area (TPSA) is 105 Å². The third kappa shape index (κ3) is 5.11. The lowest BCUT2D eigenvalue weighted by atomic mass is 9.88. The van der Waals surface area contributed by atoms with Crippen LogP contribution in [-0.2, 0) is 0 Å². The van der Waals surface area contributed by atoms with Crippen LogP contribution in [0.5, 0.6) is 11.5 Å². The van der Waals surface area contributed by atoms with Crippen molar-refractivity contribution >= 4 is 29.7 Å². The zero-order chi connectivity index (χ0) is 25.8. The van der Waals surface area contributed by atoms with Gasteiger partial charge in [-0.05, 0) is 60.5 Å². The Morgan fingerprint density at radius 2 is 1.75 bits per heavy atom. The molecule has 0 bridgehead atoms. The van der Waals surface area contributed by atoms with Crippen LogP contribution in [0.3, 0.4) is 0 Å². The normalized spacial score (nSPS) is 11.8. The second-order valence-corrected chi connectivity index (χ2v) is 9.05. The molecule has 0 fully saturated rings. The number of rotatable bonds is 9. The SMILES string of the molecule is C=c1ccc2c(c1)Oc1cc(N(C)C)ccc1C=2c1ccc(C(=O)NCCCCCN)cc1C(=O)O. The summed E-state index contributed by atoms with van der Waals surface area (Å²) in [6.45, 7) is 5.14. The highest BCUT2D eigenvalue weighted by Crippen LogP contribution is 2.39. The number of carboxylic acids is 1. The van der Waals surface area contributed by atoms with Crippen molar-refractivity contribution in [3.05, 3.63) is 87.3 Å². The molecule has 1 amide bonds. The molecular formula is C29H31N3O4. The predicted molar refractivity (Wildman–Crippen MR) is 142 cm³/mol. The van der Waals surface area contributed by atoms with Gasteiger partial charge in [-0.25, -0.2) is 4.79 Å². The molecule has 0 aromatic heterocycles. The maximum Gasteiger partial charge on any atom is 0.336 e. The molecule has 3 aromatic carbocycles. The van der Waals surface area contributed by atoms with E-state index in [1.165, 1.54) is 6.07 Å². The van der Waals surface area contributed by atoms with Gasteiger partial charge in [0.25, 0.3) is 5.91 Å². The minimum absolute atomic E-state index is 0.0509. The van der Waals surface area contributed by atoms with Crippen LogP contribution in [0.15, 0.2) is 54.6 Å². The number of anilines is 1. The minimum atomic E-state index is -1.11. The third-order valence-corrected chi connectivity index (χ3v) is 6.23. The first kappa shape index (κ1) is 25.0. The average molecular weight is 486 g/mol. The van der Waals surface area contributed by atoms with Gasteiger partial charge in [-0.1, -0.05) is 31.2 Å². The summed E-state index contributed by atoms with van der Waals surface area (Å²) in [5, 5.41) is 14.6. The second-order valence-electron chi connectivity index (χ2n) is 9.05. The van der Waals surface area contributed by atoms with Crippen LogP contribution in [0, 0.1) is 0 Å². The fraction of sp³-hybridized carbons (Fsp3) is 0.241. The van der Waals surface area contributed by atoms with Crippen molar-refractivity contribution in [3.63, 3.8) is 0 Å². The number of amides is 1. The average Bonchev–Trinajstić information content (AvgIpc) is 2.86. The van der Waals surface area contributed by atoms with E-state index in [0.717, 1.165) is 46.5 Å². The molecule has 0 radical (unpaired) electrons. The van der Waals surface area contributed by atoms with Crippen LogP contribution in [0.2, 0.25) is 0 Å². The van der Waals surface area contributed by atoms with Gasteiger partial charge in [-0.2, -0.15) is 0 Å². The van der Waals surface area contributed by atoms with Crippen LogP contribution in [0.1, 0.15) is 51.1 Å². The van der Waals surface area contributed by atoms with Crippen LogP contribution in [-0.4, -0.2) is 44.2 Å². The quantitative estimate of drug-likeness (QED) is 0.315. The van der Waals surface area contributed by atoms with E-state index in [9.17, 15) is 14.7 Å². The smallest absolute Gasteiger partial charge is 0.336 e. The molecule has 1 aliphatic rings. The molecule has 1 heterocycles. The fourth-order valence-electron chi connectivity index (χ4n) is 4.32. The van der Waals surface area contributed by atoms with Crippen molar-refractivity contribution in [2.45, 2.75) is 19.3 Å². The molecule has 3 aromatic rings. The van der Waals surface area contributed by atoms with Gasteiger partial charge in [0, 0.05) is 54.3 Å². The molecule has 0 saturated heterocycles. The van der Waals surface area contributed by atoms with Crippen LogP contribution < -0.4 is 31.1 Å². The van der Waals surface area contributed by atoms with Gasteiger partial charge >= 0.3 is 5.97 Å². The van der Waals surface area contributed by atoms with Crippen molar-refractivity contribution in [2.75, 3.05) is 32.1 Å². The lowest BCUT2D eigenvalue weighted by Gasteiger charge is -2.24. The lowest BCUT2D eigenvalue weighted by molar-refractivity contribution is 0.0696. The second kappa shape index (κ2) is 10.7. The zero-order valence-electron chi connectivity index (χ0n) is 20.6. The highest BCUT2D eigenvalue weighted by atomic mass is 16.5. The summed E-state index contributed by atoms with van der Waals surface area (Å²) >= 11 is 0. The van der Waals surface area contributed by atoms with Crippen molar-refractivity contribution < 1.29 is 19.4 Å². The first-order valence-electron chi connectivity index (χ1n) is 12.0. The van der Waals surface area contributed by atoms with E-state index in [4.69, 9.17) is 10.5 Å². The number of carbonyl (C=O) groups is 2. The summed E-state index contributed by atoms with van der Waals surface area (Å²) in [5.41, 5.74) is 8.86. The number of carboxylic acid groups (broad SMARTS) is 1. The zero-order valence-corrected chi connectivity index (χ0v) is 20.6. The number of carbonyl (C=O) groups excluding carboxylic acids is 1. The molecule has 4 rings (SSSR count). The van der Waals surface area contributed by atoms with E-state index in [1.807, 2.05) is 55.4 Å². The Morgan fingerprint density at radius 3 is 2.47 bits per heavy atom. The number of fused-ring (bicyclic) bond motifs is 2. The number of aromatic carboxylic acids is 1. The Hall–Kier alpha value is -4.10. The molecule has 7 heteroatoms. The van der Waals surface area contributed by atoms with E-state index >= 15 is 0 Å². The summed E-state index contributed by atoms with van der Waals surface area (Å²) in [7, 11) is 3.89. The number of benzene rings is 3. The number of hydrogen-bond donors (Lipinski definition) is 3. The van der Waals surface area contributed by atoms with E-state index in [-0.39, 0.29) is 11.5 Å². The van der Waals surface area contributed by atoms with Crippen LogP contribution >= 0.6 is 0 Å². The number of hydrogen-bond acceptors (Lipinski definition) is 5. The van der Waals surface area contributed by atoms with E-state index in [0.29, 0.717) is 35.7 Å². The Kier molecular flexibility index (Phi) is 7.41. The fourth-order valence-corrected chi connectivity index (χ4v) is 4.32. The van der Waals surface area contributed by atoms with Gasteiger partial charge in [0.2, 0.25) is 0 Å². The highest BCUT2D eigenvalue weighted by molar-refractivity contribution is 6.02. The summed E-state index contributed by atoms with van der Waals surface area (Å²) in [5.74, 6) is -0.170. The Bertz CT molecular complexity index is 1430. The highest BCUT2D eigenvalue weighted by Gasteiger charge is 2.25. The largest absolute Gasteiger partial charge is 0.478 e. The Labute approximate surface area is 210 Å². The Morgan fingerprint density at radius 1 is 0.972 bits per heavy atom. The molecule has 0 spiro atoms. The van der Waals surface area contributed by atoms with Gasteiger partial charge in [0.15, 0.2) is 0 Å². The first-order chi connectivity index (χ1) is 17.3. The van der Waals surface area contributed by atoms with E-state index in [2.05, 4.69) is 11.9 Å². The van der Waals surface area contributed by atoms with Gasteiger partial charge < -0.3 is 25.8 Å². The summed E-state index contributed by atoms with van der Waals surface area (Å²) in [4.78, 5) is 27.1. The predicted octanol–water partition coefficient (Wildman–Crippen LogP) is 3.07. The van der Waals surface area contributed by atoms with Crippen molar-refractivity contribution in [1.82, 2.24) is 5.32 Å². The minimum Gasteiger partial charge on any atom is -0.478 e. The summed E-state index contributed by atoms with van der Waals surface area (Å²) in [6, 6.07) is 16.3. The summed E-state index contributed by atoms with van der Waals surface area (Å²) in [6.07, 6.45) is 2.66. The maximum atomic E-state index is 12.7. The van der Waals surface area contributed by atoms with Gasteiger partial charge in [0.05, 0.1) is 5.56 Å². The van der Waals surface area contributed by atoms with Crippen LogP contribution in [0.25, 0.3) is 12.2 Å². The number of nitrogens with one attached hydrogen (secondary N) is 1. The number of unbranched alkanes of at least 4 members (excludes halogenated alkanes) is 2. The van der Waals surface area contributed by atoms with Crippen molar-refractivity contribution in [1.29, 1.82) is 0 Å². The van der Waals surface area contributed by atoms with Gasteiger partial charge in [-0.15, -0.1) is 0 Å². The first-order valence-corrected chi connectivity index (χ1v) is 12.0. The number of ether oxygens (including phenoxy) is 1.